The van der Waals surface area contributed by atoms with E-state index < -0.39 is 6.10 Å². The van der Waals surface area contributed by atoms with Gasteiger partial charge in [-0.25, -0.2) is 0 Å². The van der Waals surface area contributed by atoms with Crippen LogP contribution in [0.2, 0.25) is 0 Å². The maximum Gasteiger partial charge on any atom is 0.191 e. The molecular formula is C24H43IN4O2. The Balaban J connectivity index is 0.00000480. The van der Waals surface area contributed by atoms with Gasteiger partial charge in [-0.3, -0.25) is 4.99 Å². The van der Waals surface area contributed by atoms with Gasteiger partial charge in [-0.05, 0) is 69.7 Å². The first kappa shape index (κ1) is 28.0. The van der Waals surface area contributed by atoms with Gasteiger partial charge in [-0.1, -0.05) is 26.0 Å². The molecule has 0 spiro atoms. The van der Waals surface area contributed by atoms with Gasteiger partial charge < -0.3 is 25.4 Å². The minimum absolute atomic E-state index is 0. The van der Waals surface area contributed by atoms with E-state index in [-0.39, 0.29) is 30.1 Å². The highest BCUT2D eigenvalue weighted by Crippen LogP contribution is 2.19. The normalized spacial score (nSPS) is 18.6. The maximum atomic E-state index is 10.5. The largest absolute Gasteiger partial charge is 0.491 e. The van der Waals surface area contributed by atoms with Crippen LogP contribution in [0.5, 0.6) is 5.75 Å². The molecule has 1 aliphatic rings. The number of halogens is 1. The van der Waals surface area contributed by atoms with E-state index in [0.29, 0.717) is 18.4 Å². The smallest absolute Gasteiger partial charge is 0.191 e. The third-order valence-corrected chi connectivity index (χ3v) is 5.19. The molecule has 1 aromatic rings. The average molecular weight is 547 g/mol. The van der Waals surface area contributed by atoms with Gasteiger partial charge in [0, 0.05) is 26.2 Å². The molecule has 0 amide bonds. The van der Waals surface area contributed by atoms with E-state index >= 15 is 0 Å². The summed E-state index contributed by atoms with van der Waals surface area (Å²) in [6.45, 7) is 16.2. The zero-order chi connectivity index (χ0) is 21.9. The number of piperidine rings is 1. The molecule has 0 radical (unpaired) electrons. The Bertz CT molecular complexity index is 637. The van der Waals surface area contributed by atoms with E-state index in [9.17, 15) is 5.11 Å². The maximum absolute atomic E-state index is 10.5. The summed E-state index contributed by atoms with van der Waals surface area (Å²) in [7, 11) is 0. The van der Waals surface area contributed by atoms with Crippen molar-refractivity contribution in [1.29, 1.82) is 0 Å². The van der Waals surface area contributed by atoms with Gasteiger partial charge in [0.1, 0.15) is 5.75 Å². The standard InChI is InChI=1S/C24H42N4O2.HI/c1-6-25-24(26-14-20-8-7-13-28(17-20)16-18(2)3)27-15-23(29)21-9-11-22(12-10-21)30-19(4)5;/h9-12,18-20,23,29H,6-8,13-17H2,1-5H3,(H2,25,26,27);1H. The molecule has 3 N–H and O–H groups in total. The number of likely N-dealkylation sites (tertiary alicyclic amines) is 1. The predicted molar refractivity (Wildman–Crippen MR) is 141 cm³/mol. The summed E-state index contributed by atoms with van der Waals surface area (Å²) in [6.07, 6.45) is 2.03. The number of nitrogens with one attached hydrogen (secondary N) is 2. The van der Waals surface area contributed by atoms with Crippen molar-refractivity contribution in [3.8, 4) is 5.75 Å². The summed E-state index contributed by atoms with van der Waals surface area (Å²) >= 11 is 0. The minimum Gasteiger partial charge on any atom is -0.491 e. The van der Waals surface area contributed by atoms with Crippen molar-refractivity contribution in [3.63, 3.8) is 0 Å². The summed E-state index contributed by atoms with van der Waals surface area (Å²) in [5.41, 5.74) is 0.849. The third kappa shape index (κ3) is 10.9. The van der Waals surface area contributed by atoms with Crippen molar-refractivity contribution >= 4 is 29.9 Å². The molecule has 1 aliphatic heterocycles. The number of benzene rings is 1. The second-order valence-electron chi connectivity index (χ2n) is 9.01. The molecule has 1 aromatic carbocycles. The molecule has 0 saturated carbocycles. The van der Waals surface area contributed by atoms with Crippen LogP contribution in [-0.4, -0.2) is 61.3 Å². The molecule has 0 aliphatic carbocycles. The van der Waals surface area contributed by atoms with E-state index in [4.69, 9.17) is 4.74 Å². The molecule has 1 saturated heterocycles. The van der Waals surface area contributed by atoms with Crippen LogP contribution in [0.3, 0.4) is 0 Å². The van der Waals surface area contributed by atoms with Crippen molar-refractivity contribution in [2.45, 2.75) is 59.7 Å². The van der Waals surface area contributed by atoms with Gasteiger partial charge in [0.15, 0.2) is 5.96 Å². The number of rotatable bonds is 10. The van der Waals surface area contributed by atoms with Crippen LogP contribution in [-0.2, 0) is 0 Å². The molecule has 6 nitrogen and oxygen atoms in total. The molecular weight excluding hydrogens is 503 g/mol. The lowest BCUT2D eigenvalue weighted by Gasteiger charge is -2.34. The second-order valence-corrected chi connectivity index (χ2v) is 9.01. The fourth-order valence-electron chi connectivity index (χ4n) is 3.91. The number of nitrogens with zero attached hydrogens (tertiary/aromatic N) is 2. The zero-order valence-electron chi connectivity index (χ0n) is 19.9. The molecule has 7 heteroatoms. The monoisotopic (exact) mass is 546 g/mol. The van der Waals surface area contributed by atoms with E-state index in [0.717, 1.165) is 36.9 Å². The van der Waals surface area contributed by atoms with E-state index in [1.54, 1.807) is 0 Å². The lowest BCUT2D eigenvalue weighted by atomic mass is 9.97. The first-order valence-electron chi connectivity index (χ1n) is 11.6. The topological polar surface area (TPSA) is 69.1 Å². The number of aliphatic imine (C=N–C) groups is 1. The van der Waals surface area contributed by atoms with E-state index in [2.05, 4.69) is 41.3 Å². The van der Waals surface area contributed by atoms with Crippen LogP contribution in [0.15, 0.2) is 29.3 Å². The van der Waals surface area contributed by atoms with Crippen LogP contribution in [0.4, 0.5) is 0 Å². The quantitative estimate of drug-likeness (QED) is 0.235. The van der Waals surface area contributed by atoms with Crippen LogP contribution in [0, 0.1) is 11.8 Å². The highest BCUT2D eigenvalue weighted by Gasteiger charge is 2.20. The number of guanidine groups is 1. The van der Waals surface area contributed by atoms with Crippen LogP contribution < -0.4 is 15.4 Å². The Hall–Kier alpha value is -1.06. The van der Waals surface area contributed by atoms with Gasteiger partial charge in [0.2, 0.25) is 0 Å². The summed E-state index contributed by atoms with van der Waals surface area (Å²) < 4.78 is 5.66. The molecule has 0 bridgehead atoms. The highest BCUT2D eigenvalue weighted by atomic mass is 127. The molecule has 1 heterocycles. The number of aliphatic hydroxyl groups excluding tert-OH is 1. The van der Waals surface area contributed by atoms with E-state index in [1.165, 1.54) is 25.9 Å². The first-order chi connectivity index (χ1) is 14.4. The van der Waals surface area contributed by atoms with Gasteiger partial charge >= 0.3 is 0 Å². The Morgan fingerprint density at radius 3 is 2.52 bits per heavy atom. The summed E-state index contributed by atoms with van der Waals surface area (Å²) in [5.74, 6) is 2.94. The van der Waals surface area contributed by atoms with Crippen LogP contribution in [0.25, 0.3) is 0 Å². The SMILES string of the molecule is CCNC(=NCC(O)c1ccc(OC(C)C)cc1)NCC1CCCN(CC(C)C)C1.I. The van der Waals surface area contributed by atoms with E-state index in [1.807, 2.05) is 38.1 Å². The number of aliphatic hydroxyl groups is 1. The Labute approximate surface area is 206 Å². The van der Waals surface area contributed by atoms with Gasteiger partial charge in [0.05, 0.1) is 18.8 Å². The van der Waals surface area contributed by atoms with Gasteiger partial charge in [-0.2, -0.15) is 0 Å². The molecule has 1 fully saturated rings. The Morgan fingerprint density at radius 2 is 1.90 bits per heavy atom. The van der Waals surface area contributed by atoms with Crippen molar-refractivity contribution in [2.75, 3.05) is 39.3 Å². The molecule has 2 rings (SSSR count). The Kier molecular flexibility index (Phi) is 13.4. The summed E-state index contributed by atoms with van der Waals surface area (Å²) in [6, 6.07) is 7.61. The van der Waals surface area contributed by atoms with Gasteiger partial charge in [-0.15, -0.1) is 24.0 Å². The molecule has 178 valence electrons. The van der Waals surface area contributed by atoms with Crippen LogP contribution in [0.1, 0.15) is 59.1 Å². The lowest BCUT2D eigenvalue weighted by molar-refractivity contribution is 0.159. The Morgan fingerprint density at radius 1 is 1.19 bits per heavy atom. The summed E-state index contributed by atoms with van der Waals surface area (Å²) in [4.78, 5) is 7.20. The number of ether oxygens (including phenoxy) is 1. The van der Waals surface area contributed by atoms with Crippen molar-refractivity contribution in [3.05, 3.63) is 29.8 Å². The minimum atomic E-state index is -0.634. The van der Waals surface area contributed by atoms with Crippen molar-refractivity contribution in [2.24, 2.45) is 16.8 Å². The van der Waals surface area contributed by atoms with Crippen molar-refractivity contribution in [1.82, 2.24) is 15.5 Å². The van der Waals surface area contributed by atoms with Gasteiger partial charge in [0.25, 0.3) is 0 Å². The average Bonchev–Trinajstić information content (AvgIpc) is 2.70. The fourth-order valence-corrected chi connectivity index (χ4v) is 3.91. The van der Waals surface area contributed by atoms with Crippen LogP contribution >= 0.6 is 24.0 Å². The second kappa shape index (κ2) is 14.9. The number of hydrogen-bond donors (Lipinski definition) is 3. The summed E-state index contributed by atoms with van der Waals surface area (Å²) in [5, 5.41) is 17.3. The highest BCUT2D eigenvalue weighted by molar-refractivity contribution is 14.0. The van der Waals surface area contributed by atoms with Crippen molar-refractivity contribution < 1.29 is 9.84 Å². The number of hydrogen-bond acceptors (Lipinski definition) is 4. The zero-order valence-corrected chi connectivity index (χ0v) is 22.3. The molecule has 0 aromatic heterocycles. The first-order valence-corrected chi connectivity index (χ1v) is 11.6. The molecule has 2 unspecified atom stereocenters. The predicted octanol–water partition coefficient (Wildman–Crippen LogP) is 4.05. The fraction of sp³-hybridized carbons (Fsp3) is 0.708. The lowest BCUT2D eigenvalue weighted by Crippen LogP contribution is -2.45. The molecule has 31 heavy (non-hydrogen) atoms. The third-order valence-electron chi connectivity index (χ3n) is 5.19. The molecule has 2 atom stereocenters.